The van der Waals surface area contributed by atoms with Crippen LogP contribution in [0.25, 0.3) is 0 Å². The van der Waals surface area contributed by atoms with Crippen LogP contribution in [0.5, 0.6) is 5.75 Å². The molecule has 21 heavy (non-hydrogen) atoms. The fourth-order valence-electron chi connectivity index (χ4n) is 2.98. The number of ether oxygens (including phenoxy) is 1. The Morgan fingerprint density at radius 1 is 1.14 bits per heavy atom. The highest BCUT2D eigenvalue weighted by Gasteiger charge is 2.18. The van der Waals surface area contributed by atoms with E-state index in [9.17, 15) is 0 Å². The minimum atomic E-state index is 0.694. The molecule has 0 bridgehead atoms. The Morgan fingerprint density at radius 2 is 1.90 bits per heavy atom. The lowest BCUT2D eigenvalue weighted by atomic mass is 10.1. The molecule has 0 unspecified atom stereocenters. The summed E-state index contributed by atoms with van der Waals surface area (Å²) in [6.45, 7) is 6.82. The Balaban J connectivity index is 1.64. The van der Waals surface area contributed by atoms with Gasteiger partial charge in [-0.3, -0.25) is 0 Å². The average Bonchev–Trinajstić information content (AvgIpc) is 2.84. The van der Waals surface area contributed by atoms with E-state index in [0.717, 1.165) is 30.9 Å². The highest BCUT2D eigenvalue weighted by Crippen LogP contribution is 2.30. The van der Waals surface area contributed by atoms with Crippen LogP contribution in [0.3, 0.4) is 0 Å². The Morgan fingerprint density at radius 3 is 2.67 bits per heavy atom. The standard InChI is InChI=1S/C18H22N2O/c1-13-4-3-5-14(2)18(13)21-11-10-20-9-8-15-6-7-16(19)12-17(15)20/h3-7,12H,8-11,19H2,1-2H3. The van der Waals surface area contributed by atoms with Crippen LogP contribution in [0.15, 0.2) is 36.4 Å². The molecule has 2 aromatic carbocycles. The smallest absolute Gasteiger partial charge is 0.125 e. The second-order valence-electron chi connectivity index (χ2n) is 5.69. The van der Waals surface area contributed by atoms with Crippen molar-refractivity contribution in [1.29, 1.82) is 0 Å². The lowest BCUT2D eigenvalue weighted by Crippen LogP contribution is -2.26. The summed E-state index contributed by atoms with van der Waals surface area (Å²) < 4.78 is 6.00. The highest BCUT2D eigenvalue weighted by molar-refractivity contribution is 5.64. The largest absolute Gasteiger partial charge is 0.491 e. The van der Waals surface area contributed by atoms with Gasteiger partial charge in [-0.15, -0.1) is 0 Å². The first-order chi connectivity index (χ1) is 10.1. The number of fused-ring (bicyclic) bond motifs is 1. The summed E-state index contributed by atoms with van der Waals surface area (Å²) in [5, 5.41) is 0. The van der Waals surface area contributed by atoms with Gasteiger partial charge in [-0.05, 0) is 49.1 Å². The fourth-order valence-corrected chi connectivity index (χ4v) is 2.98. The SMILES string of the molecule is Cc1cccc(C)c1OCCN1CCc2ccc(N)cc21. The third kappa shape index (κ3) is 2.82. The topological polar surface area (TPSA) is 38.5 Å². The van der Waals surface area contributed by atoms with Crippen LogP contribution in [0, 0.1) is 13.8 Å². The Hall–Kier alpha value is -2.16. The van der Waals surface area contributed by atoms with Gasteiger partial charge >= 0.3 is 0 Å². The summed E-state index contributed by atoms with van der Waals surface area (Å²) in [6, 6.07) is 12.4. The van der Waals surface area contributed by atoms with Crippen LogP contribution in [-0.4, -0.2) is 19.7 Å². The van der Waals surface area contributed by atoms with Gasteiger partial charge in [-0.25, -0.2) is 0 Å². The summed E-state index contributed by atoms with van der Waals surface area (Å²) in [5.41, 5.74) is 11.8. The molecule has 0 fully saturated rings. The van der Waals surface area contributed by atoms with Crippen LogP contribution >= 0.6 is 0 Å². The molecule has 3 nitrogen and oxygen atoms in total. The summed E-state index contributed by atoms with van der Waals surface area (Å²) >= 11 is 0. The van der Waals surface area contributed by atoms with Crippen LogP contribution in [-0.2, 0) is 6.42 Å². The second kappa shape index (κ2) is 5.68. The van der Waals surface area contributed by atoms with Gasteiger partial charge in [0.15, 0.2) is 0 Å². The minimum absolute atomic E-state index is 0.694. The van der Waals surface area contributed by atoms with Gasteiger partial charge in [0.1, 0.15) is 12.4 Å². The summed E-state index contributed by atoms with van der Waals surface area (Å²) in [4.78, 5) is 2.36. The Bertz CT molecular complexity index is 631. The number of benzene rings is 2. The van der Waals surface area contributed by atoms with Gasteiger partial charge < -0.3 is 15.4 Å². The molecule has 1 aliphatic rings. The molecule has 0 saturated carbocycles. The number of para-hydroxylation sites is 1. The number of hydrogen-bond donors (Lipinski definition) is 1. The third-order valence-corrected chi connectivity index (χ3v) is 4.12. The van der Waals surface area contributed by atoms with E-state index in [-0.39, 0.29) is 0 Å². The summed E-state index contributed by atoms with van der Waals surface area (Å²) in [6.07, 6.45) is 1.10. The van der Waals surface area contributed by atoms with Gasteiger partial charge in [0.2, 0.25) is 0 Å². The molecule has 110 valence electrons. The van der Waals surface area contributed by atoms with Gasteiger partial charge in [0.05, 0.1) is 6.54 Å². The molecule has 0 aromatic heterocycles. The van der Waals surface area contributed by atoms with Crippen molar-refractivity contribution in [2.45, 2.75) is 20.3 Å². The van der Waals surface area contributed by atoms with Crippen LogP contribution in [0.2, 0.25) is 0 Å². The zero-order chi connectivity index (χ0) is 14.8. The molecule has 3 heteroatoms. The molecule has 0 radical (unpaired) electrons. The van der Waals surface area contributed by atoms with Crippen molar-refractivity contribution in [3.8, 4) is 5.75 Å². The molecule has 0 amide bonds. The Labute approximate surface area is 126 Å². The lowest BCUT2D eigenvalue weighted by molar-refractivity contribution is 0.320. The van der Waals surface area contributed by atoms with Gasteiger partial charge in [0.25, 0.3) is 0 Å². The number of nitrogens with two attached hydrogens (primary N) is 1. The van der Waals surface area contributed by atoms with Gasteiger partial charge in [-0.2, -0.15) is 0 Å². The Kier molecular flexibility index (Phi) is 3.74. The number of anilines is 2. The summed E-state index contributed by atoms with van der Waals surface area (Å²) in [7, 11) is 0. The third-order valence-electron chi connectivity index (χ3n) is 4.12. The van der Waals surface area contributed by atoms with E-state index in [4.69, 9.17) is 10.5 Å². The molecule has 0 saturated heterocycles. The van der Waals surface area contributed by atoms with Crippen molar-refractivity contribution in [1.82, 2.24) is 0 Å². The van der Waals surface area contributed by atoms with Crippen molar-refractivity contribution < 1.29 is 4.74 Å². The van der Waals surface area contributed by atoms with E-state index >= 15 is 0 Å². The molecular formula is C18H22N2O. The molecular weight excluding hydrogens is 260 g/mol. The number of rotatable bonds is 4. The summed E-state index contributed by atoms with van der Waals surface area (Å²) in [5.74, 6) is 1.02. The van der Waals surface area contributed by atoms with E-state index in [2.05, 4.69) is 49.1 Å². The molecule has 1 heterocycles. The van der Waals surface area contributed by atoms with E-state index in [1.165, 1.54) is 22.4 Å². The highest BCUT2D eigenvalue weighted by atomic mass is 16.5. The molecule has 0 atom stereocenters. The van der Waals surface area contributed by atoms with Gasteiger partial charge in [0, 0.05) is 17.9 Å². The molecule has 2 N–H and O–H groups in total. The van der Waals surface area contributed by atoms with Crippen molar-refractivity contribution in [2.75, 3.05) is 30.3 Å². The predicted octanol–water partition coefficient (Wildman–Crippen LogP) is 3.33. The maximum Gasteiger partial charge on any atom is 0.125 e. The van der Waals surface area contributed by atoms with Crippen molar-refractivity contribution in [2.24, 2.45) is 0 Å². The number of nitrogens with zero attached hydrogens (tertiary/aromatic N) is 1. The van der Waals surface area contributed by atoms with Crippen LogP contribution < -0.4 is 15.4 Å². The van der Waals surface area contributed by atoms with Gasteiger partial charge in [-0.1, -0.05) is 24.3 Å². The fraction of sp³-hybridized carbons (Fsp3) is 0.333. The van der Waals surface area contributed by atoms with Crippen molar-refractivity contribution in [3.05, 3.63) is 53.1 Å². The zero-order valence-electron chi connectivity index (χ0n) is 12.7. The quantitative estimate of drug-likeness (QED) is 0.874. The molecule has 0 spiro atoms. The lowest BCUT2D eigenvalue weighted by Gasteiger charge is -2.20. The average molecular weight is 282 g/mol. The van der Waals surface area contributed by atoms with Crippen LogP contribution in [0.4, 0.5) is 11.4 Å². The number of aryl methyl sites for hydroxylation is 2. The first-order valence-corrected chi connectivity index (χ1v) is 7.47. The first-order valence-electron chi connectivity index (χ1n) is 7.47. The number of nitrogen functional groups attached to an aromatic ring is 1. The predicted molar refractivity (Wildman–Crippen MR) is 88.2 cm³/mol. The zero-order valence-corrected chi connectivity index (χ0v) is 12.7. The number of hydrogen-bond acceptors (Lipinski definition) is 3. The normalized spacial score (nSPS) is 13.3. The van der Waals surface area contributed by atoms with E-state index in [1.807, 2.05) is 6.07 Å². The minimum Gasteiger partial charge on any atom is -0.491 e. The molecule has 0 aliphatic carbocycles. The second-order valence-corrected chi connectivity index (χ2v) is 5.69. The maximum atomic E-state index is 6.00. The molecule has 1 aliphatic heterocycles. The van der Waals surface area contributed by atoms with Crippen LogP contribution in [0.1, 0.15) is 16.7 Å². The van der Waals surface area contributed by atoms with Crippen molar-refractivity contribution >= 4 is 11.4 Å². The first kappa shape index (κ1) is 13.8. The van der Waals surface area contributed by atoms with E-state index in [0.29, 0.717) is 6.61 Å². The van der Waals surface area contributed by atoms with E-state index < -0.39 is 0 Å². The van der Waals surface area contributed by atoms with Crippen molar-refractivity contribution in [3.63, 3.8) is 0 Å². The molecule has 3 rings (SSSR count). The maximum absolute atomic E-state index is 6.00. The monoisotopic (exact) mass is 282 g/mol. The van der Waals surface area contributed by atoms with E-state index in [1.54, 1.807) is 0 Å². The molecule has 2 aromatic rings.